The third-order valence-corrected chi connectivity index (χ3v) is 5.34. The van der Waals surface area contributed by atoms with Crippen LogP contribution < -0.4 is 0 Å². The second kappa shape index (κ2) is 24.0. The minimum atomic E-state index is -0.657. The average Bonchev–Trinajstić information content (AvgIpc) is 2.68. The summed E-state index contributed by atoms with van der Waals surface area (Å²) in [7, 11) is 0. The molecule has 0 unspecified atom stereocenters. The lowest BCUT2D eigenvalue weighted by Gasteiger charge is -2.02. The number of hydrogen-bond donors (Lipinski definition) is 1. The highest BCUT2D eigenvalue weighted by molar-refractivity contribution is 5.66. The first-order chi connectivity index (χ1) is 13.8. The van der Waals surface area contributed by atoms with Gasteiger partial charge in [0, 0.05) is 6.42 Å². The van der Waals surface area contributed by atoms with Gasteiger partial charge in [-0.1, -0.05) is 115 Å². The second-order valence-corrected chi connectivity index (χ2v) is 8.20. The first kappa shape index (κ1) is 27.0. The molecule has 0 aromatic heterocycles. The standard InChI is InChI=1S/C26H48O2/c1-2-3-4-5-6-7-8-9-10-11-12-13-14-15-16-17-18-19-20-21-22-23-24-25-26(27)28/h8-9,11-12H,2-7,10,13-25H2,1H3,(H,27,28)/b9-8-,12-11-. The SMILES string of the molecule is CCCCCCC/C=C\C/C=C\CCCCCCCCCCCCCC(=O)O. The molecule has 2 heteroatoms. The molecule has 0 aromatic carbocycles. The van der Waals surface area contributed by atoms with Crippen molar-refractivity contribution in [2.24, 2.45) is 0 Å². The van der Waals surface area contributed by atoms with Crippen molar-refractivity contribution in [2.45, 2.75) is 135 Å². The molecule has 28 heavy (non-hydrogen) atoms. The van der Waals surface area contributed by atoms with Crippen LogP contribution in [0.1, 0.15) is 135 Å². The Hall–Kier alpha value is -1.05. The number of carbonyl (C=O) groups is 1. The quantitative estimate of drug-likeness (QED) is 0.147. The zero-order valence-electron chi connectivity index (χ0n) is 18.8. The molecule has 0 aliphatic rings. The van der Waals surface area contributed by atoms with E-state index in [1.54, 1.807) is 0 Å². The second-order valence-electron chi connectivity index (χ2n) is 8.20. The molecule has 164 valence electrons. The molecule has 0 aliphatic carbocycles. The summed E-state index contributed by atoms with van der Waals surface area (Å²) in [6.45, 7) is 2.27. The largest absolute Gasteiger partial charge is 0.481 e. The monoisotopic (exact) mass is 392 g/mol. The van der Waals surface area contributed by atoms with Crippen molar-refractivity contribution in [3.05, 3.63) is 24.3 Å². The minimum Gasteiger partial charge on any atom is -0.481 e. The maximum absolute atomic E-state index is 10.4. The van der Waals surface area contributed by atoms with Crippen molar-refractivity contribution in [3.63, 3.8) is 0 Å². The first-order valence-corrected chi connectivity index (χ1v) is 12.3. The topological polar surface area (TPSA) is 37.3 Å². The summed E-state index contributed by atoms with van der Waals surface area (Å²) in [5, 5.41) is 8.58. The van der Waals surface area contributed by atoms with Crippen molar-refractivity contribution in [1.29, 1.82) is 0 Å². The van der Waals surface area contributed by atoms with Gasteiger partial charge in [0.05, 0.1) is 0 Å². The number of rotatable bonds is 22. The fourth-order valence-electron chi connectivity index (χ4n) is 3.50. The molecule has 0 aromatic rings. The minimum absolute atomic E-state index is 0.338. The molecule has 0 saturated heterocycles. The Balaban J connectivity index is 3.14. The summed E-state index contributed by atoms with van der Waals surface area (Å²) in [4.78, 5) is 10.4. The zero-order valence-corrected chi connectivity index (χ0v) is 18.8. The Kier molecular flexibility index (Phi) is 23.1. The molecular formula is C26H48O2. The van der Waals surface area contributed by atoms with Crippen molar-refractivity contribution in [2.75, 3.05) is 0 Å². The zero-order chi connectivity index (χ0) is 20.5. The van der Waals surface area contributed by atoms with Gasteiger partial charge in [-0.15, -0.1) is 0 Å². The highest BCUT2D eigenvalue weighted by Gasteiger charge is 1.96. The molecule has 0 amide bonds. The number of allylic oxidation sites excluding steroid dienone is 4. The van der Waals surface area contributed by atoms with E-state index in [1.165, 1.54) is 103 Å². The summed E-state index contributed by atoms with van der Waals surface area (Å²) in [6.07, 6.45) is 34.1. The molecule has 2 nitrogen and oxygen atoms in total. The van der Waals surface area contributed by atoms with Crippen LogP contribution in [-0.4, -0.2) is 11.1 Å². The third kappa shape index (κ3) is 24.9. The van der Waals surface area contributed by atoms with Crippen LogP contribution in [0.15, 0.2) is 24.3 Å². The van der Waals surface area contributed by atoms with Crippen molar-refractivity contribution in [3.8, 4) is 0 Å². The van der Waals surface area contributed by atoms with Gasteiger partial charge in [0.15, 0.2) is 0 Å². The summed E-state index contributed by atoms with van der Waals surface area (Å²) >= 11 is 0. The molecule has 0 radical (unpaired) electrons. The van der Waals surface area contributed by atoms with Gasteiger partial charge >= 0.3 is 5.97 Å². The molecule has 0 fully saturated rings. The van der Waals surface area contributed by atoms with Crippen molar-refractivity contribution in [1.82, 2.24) is 0 Å². The number of hydrogen-bond acceptors (Lipinski definition) is 1. The smallest absolute Gasteiger partial charge is 0.303 e. The van der Waals surface area contributed by atoms with Crippen LogP contribution in [-0.2, 0) is 4.79 Å². The van der Waals surface area contributed by atoms with Gasteiger partial charge < -0.3 is 5.11 Å². The summed E-state index contributed by atoms with van der Waals surface area (Å²) in [5.74, 6) is -0.657. The lowest BCUT2D eigenvalue weighted by Crippen LogP contribution is -1.93. The van der Waals surface area contributed by atoms with Crippen LogP contribution in [0.4, 0.5) is 0 Å². The van der Waals surface area contributed by atoms with Crippen LogP contribution in [0.25, 0.3) is 0 Å². The number of carboxylic acid groups (broad SMARTS) is 1. The molecule has 0 atom stereocenters. The Morgan fingerprint density at radius 2 is 0.964 bits per heavy atom. The number of aliphatic carboxylic acids is 1. The normalized spacial score (nSPS) is 11.8. The Morgan fingerprint density at radius 3 is 1.39 bits per heavy atom. The molecule has 0 spiro atoms. The molecular weight excluding hydrogens is 344 g/mol. The van der Waals surface area contributed by atoms with Crippen LogP contribution in [0.3, 0.4) is 0 Å². The number of carboxylic acids is 1. The number of unbranched alkanes of at least 4 members (excludes halogenated alkanes) is 16. The predicted octanol–water partition coefficient (Wildman–Crippen LogP) is 9.01. The predicted molar refractivity (Wildman–Crippen MR) is 124 cm³/mol. The van der Waals surface area contributed by atoms with Gasteiger partial charge in [0.1, 0.15) is 0 Å². The maximum Gasteiger partial charge on any atom is 0.303 e. The summed E-state index contributed by atoms with van der Waals surface area (Å²) in [6, 6.07) is 0. The van der Waals surface area contributed by atoms with E-state index in [-0.39, 0.29) is 0 Å². The van der Waals surface area contributed by atoms with E-state index in [4.69, 9.17) is 5.11 Å². The van der Waals surface area contributed by atoms with Crippen LogP contribution >= 0.6 is 0 Å². The molecule has 0 bridgehead atoms. The van der Waals surface area contributed by atoms with Crippen LogP contribution in [0.5, 0.6) is 0 Å². The molecule has 1 N–H and O–H groups in total. The van der Waals surface area contributed by atoms with Gasteiger partial charge in [-0.3, -0.25) is 4.79 Å². The van der Waals surface area contributed by atoms with E-state index in [0.717, 1.165) is 19.3 Å². The Morgan fingerprint density at radius 1 is 0.571 bits per heavy atom. The van der Waals surface area contributed by atoms with Crippen LogP contribution in [0, 0.1) is 0 Å². The van der Waals surface area contributed by atoms with E-state index in [0.29, 0.717) is 6.42 Å². The highest BCUT2D eigenvalue weighted by Crippen LogP contribution is 2.12. The van der Waals surface area contributed by atoms with E-state index in [1.807, 2.05) is 0 Å². The molecule has 0 aliphatic heterocycles. The summed E-state index contributed by atoms with van der Waals surface area (Å²) < 4.78 is 0. The average molecular weight is 393 g/mol. The van der Waals surface area contributed by atoms with Gasteiger partial charge in [-0.2, -0.15) is 0 Å². The summed E-state index contributed by atoms with van der Waals surface area (Å²) in [5.41, 5.74) is 0. The van der Waals surface area contributed by atoms with Gasteiger partial charge in [-0.25, -0.2) is 0 Å². The molecule has 0 rings (SSSR count). The van der Waals surface area contributed by atoms with E-state index >= 15 is 0 Å². The van der Waals surface area contributed by atoms with Gasteiger partial charge in [-0.05, 0) is 38.5 Å². The molecule has 0 heterocycles. The fourth-order valence-corrected chi connectivity index (χ4v) is 3.50. The highest BCUT2D eigenvalue weighted by atomic mass is 16.4. The fraction of sp³-hybridized carbons (Fsp3) is 0.808. The van der Waals surface area contributed by atoms with Crippen LogP contribution in [0.2, 0.25) is 0 Å². The van der Waals surface area contributed by atoms with E-state index < -0.39 is 5.97 Å². The van der Waals surface area contributed by atoms with E-state index in [9.17, 15) is 4.79 Å². The lowest BCUT2D eigenvalue weighted by atomic mass is 10.0. The van der Waals surface area contributed by atoms with Crippen molar-refractivity contribution < 1.29 is 9.90 Å². The Bertz CT molecular complexity index is 371. The van der Waals surface area contributed by atoms with Crippen molar-refractivity contribution >= 4 is 5.97 Å². The van der Waals surface area contributed by atoms with Gasteiger partial charge in [0.2, 0.25) is 0 Å². The maximum atomic E-state index is 10.4. The lowest BCUT2D eigenvalue weighted by molar-refractivity contribution is -0.137. The van der Waals surface area contributed by atoms with E-state index in [2.05, 4.69) is 31.2 Å². The Labute approximate surface area is 175 Å². The van der Waals surface area contributed by atoms with Gasteiger partial charge in [0.25, 0.3) is 0 Å². The molecule has 0 saturated carbocycles. The first-order valence-electron chi connectivity index (χ1n) is 12.3. The third-order valence-electron chi connectivity index (χ3n) is 5.34.